The molecule has 1 aromatic heterocycles. The minimum atomic E-state index is -0.301. The molecular formula is C30H38N6O3. The summed E-state index contributed by atoms with van der Waals surface area (Å²) in [6, 6.07) is 18.6. The maximum atomic E-state index is 12.7. The highest BCUT2D eigenvalue weighted by molar-refractivity contribution is 6.04. The van der Waals surface area contributed by atoms with E-state index >= 15 is 0 Å². The Bertz CT molecular complexity index is 1210. The average molecular weight is 531 g/mol. The average Bonchev–Trinajstić information content (AvgIpc) is 2.97. The number of unbranched alkanes of at least 4 members (excludes halogenated alkanes) is 1. The number of nitrogen functional groups attached to an aromatic ring is 1. The van der Waals surface area contributed by atoms with Gasteiger partial charge in [-0.25, -0.2) is 0 Å². The zero-order chi connectivity index (χ0) is 27.5. The van der Waals surface area contributed by atoms with E-state index in [2.05, 4.69) is 32.0 Å². The number of ether oxygens (including phenoxy) is 2. The molecule has 9 heteroatoms. The van der Waals surface area contributed by atoms with Crippen LogP contribution in [0.25, 0.3) is 0 Å². The maximum Gasteiger partial charge on any atom is 0.274 e. The summed E-state index contributed by atoms with van der Waals surface area (Å²) >= 11 is 0. The third-order valence-corrected chi connectivity index (χ3v) is 6.66. The number of anilines is 3. The van der Waals surface area contributed by atoms with Crippen molar-refractivity contribution >= 4 is 23.0 Å². The topological polar surface area (TPSA) is 105 Å². The van der Waals surface area contributed by atoms with E-state index in [0.717, 1.165) is 75.1 Å². The monoisotopic (exact) mass is 530 g/mol. The molecule has 0 atom stereocenters. The lowest BCUT2D eigenvalue weighted by molar-refractivity contribution is 0.0369. The molecule has 3 aromatic rings. The fraction of sp³-hybridized carbons (Fsp3) is 0.333. The van der Waals surface area contributed by atoms with Crippen LogP contribution < -0.4 is 21.1 Å². The lowest BCUT2D eigenvalue weighted by Gasteiger charge is -2.29. The molecule has 0 spiro atoms. The number of carbonyl (C=O) groups excluding carboxylic acids is 1. The zero-order valence-electron chi connectivity index (χ0n) is 22.6. The SMILES string of the molecule is C=C(Nc1ccc(OC)cc1)N(CCCCN1CCOCC1)Cc1ccc(C(=O)Nc2ccccc2N)nc1. The number of methoxy groups -OCH3 is 1. The van der Waals surface area contributed by atoms with Crippen molar-refractivity contribution in [2.75, 3.05) is 62.9 Å². The van der Waals surface area contributed by atoms with Crippen LogP contribution in [0.4, 0.5) is 17.1 Å². The fourth-order valence-corrected chi connectivity index (χ4v) is 4.36. The molecule has 2 aromatic carbocycles. The molecule has 4 N–H and O–H groups in total. The maximum absolute atomic E-state index is 12.7. The second kappa shape index (κ2) is 14.2. The summed E-state index contributed by atoms with van der Waals surface area (Å²) < 4.78 is 10.7. The van der Waals surface area contributed by atoms with Crippen molar-refractivity contribution in [1.29, 1.82) is 0 Å². The Morgan fingerprint density at radius 1 is 1.08 bits per heavy atom. The Morgan fingerprint density at radius 3 is 2.54 bits per heavy atom. The Hall–Kier alpha value is -4.08. The molecule has 1 fully saturated rings. The predicted octanol–water partition coefficient (Wildman–Crippen LogP) is 4.42. The molecule has 206 valence electrons. The van der Waals surface area contributed by atoms with Gasteiger partial charge in [0.25, 0.3) is 5.91 Å². The van der Waals surface area contributed by atoms with Crippen molar-refractivity contribution in [2.45, 2.75) is 19.4 Å². The van der Waals surface area contributed by atoms with E-state index in [4.69, 9.17) is 15.2 Å². The van der Waals surface area contributed by atoms with Crippen molar-refractivity contribution in [3.8, 4) is 5.75 Å². The number of carbonyl (C=O) groups is 1. The van der Waals surface area contributed by atoms with Crippen LogP contribution in [0.15, 0.2) is 79.3 Å². The number of aromatic nitrogens is 1. The molecule has 0 radical (unpaired) electrons. The van der Waals surface area contributed by atoms with Crippen LogP contribution in [0.3, 0.4) is 0 Å². The molecule has 1 saturated heterocycles. The molecule has 1 amide bonds. The number of hydrogen-bond donors (Lipinski definition) is 3. The highest BCUT2D eigenvalue weighted by atomic mass is 16.5. The number of nitrogens with zero attached hydrogens (tertiary/aromatic N) is 3. The molecule has 0 unspecified atom stereocenters. The number of hydrogen-bond acceptors (Lipinski definition) is 8. The number of rotatable bonds is 13. The smallest absolute Gasteiger partial charge is 0.274 e. The fourth-order valence-electron chi connectivity index (χ4n) is 4.36. The summed E-state index contributed by atoms with van der Waals surface area (Å²) in [6.45, 7) is 10.5. The van der Waals surface area contributed by atoms with E-state index in [1.807, 2.05) is 42.5 Å². The first-order valence-corrected chi connectivity index (χ1v) is 13.3. The molecule has 1 aliphatic heterocycles. The van der Waals surface area contributed by atoms with Crippen LogP contribution in [0.1, 0.15) is 28.9 Å². The number of morpholine rings is 1. The Kier molecular flexibility index (Phi) is 10.2. The quantitative estimate of drug-likeness (QED) is 0.220. The first-order chi connectivity index (χ1) is 19.0. The lowest BCUT2D eigenvalue weighted by Crippen LogP contribution is -2.37. The first kappa shape index (κ1) is 27.9. The number of nitrogens with one attached hydrogen (secondary N) is 2. The van der Waals surface area contributed by atoms with Gasteiger partial charge in [-0.05, 0) is 67.4 Å². The third kappa shape index (κ3) is 8.46. The Balaban J connectivity index is 1.37. The number of benzene rings is 2. The molecule has 0 bridgehead atoms. The van der Waals surface area contributed by atoms with Crippen molar-refractivity contribution in [3.63, 3.8) is 0 Å². The van der Waals surface area contributed by atoms with Crippen molar-refractivity contribution in [3.05, 3.63) is 90.5 Å². The lowest BCUT2D eigenvalue weighted by atomic mass is 10.2. The van der Waals surface area contributed by atoms with E-state index in [1.54, 1.807) is 31.5 Å². The second-order valence-electron chi connectivity index (χ2n) is 9.48. The van der Waals surface area contributed by atoms with Gasteiger partial charge in [-0.3, -0.25) is 14.7 Å². The van der Waals surface area contributed by atoms with Gasteiger partial charge in [-0.2, -0.15) is 0 Å². The number of amides is 1. The van der Waals surface area contributed by atoms with Crippen molar-refractivity contribution in [2.24, 2.45) is 0 Å². The predicted molar refractivity (Wildman–Crippen MR) is 156 cm³/mol. The van der Waals surface area contributed by atoms with Crippen LogP contribution in [0, 0.1) is 0 Å². The largest absolute Gasteiger partial charge is 0.497 e. The summed E-state index contributed by atoms with van der Waals surface area (Å²) in [6.07, 6.45) is 3.85. The molecule has 39 heavy (non-hydrogen) atoms. The van der Waals surface area contributed by atoms with Gasteiger partial charge in [0.15, 0.2) is 0 Å². The number of nitrogens with two attached hydrogens (primary N) is 1. The van der Waals surface area contributed by atoms with Gasteiger partial charge in [-0.1, -0.05) is 24.8 Å². The highest BCUT2D eigenvalue weighted by Crippen LogP contribution is 2.20. The van der Waals surface area contributed by atoms with Gasteiger partial charge >= 0.3 is 0 Å². The van der Waals surface area contributed by atoms with Gasteiger partial charge in [0.05, 0.1) is 37.5 Å². The molecule has 0 aliphatic carbocycles. The molecular weight excluding hydrogens is 492 g/mol. The minimum Gasteiger partial charge on any atom is -0.497 e. The minimum absolute atomic E-state index is 0.301. The van der Waals surface area contributed by atoms with Crippen LogP contribution in [-0.2, 0) is 11.3 Å². The normalized spacial score (nSPS) is 13.5. The van der Waals surface area contributed by atoms with Gasteiger partial charge in [0.1, 0.15) is 11.4 Å². The molecule has 2 heterocycles. The third-order valence-electron chi connectivity index (χ3n) is 6.66. The number of pyridine rings is 1. The van der Waals surface area contributed by atoms with Crippen molar-refractivity contribution < 1.29 is 14.3 Å². The molecule has 9 nitrogen and oxygen atoms in total. The van der Waals surface area contributed by atoms with Crippen LogP contribution in [-0.4, -0.2) is 67.2 Å². The Morgan fingerprint density at radius 2 is 1.85 bits per heavy atom. The molecule has 4 rings (SSSR count). The van der Waals surface area contributed by atoms with Gasteiger partial charge < -0.3 is 30.7 Å². The molecule has 1 aliphatic rings. The van der Waals surface area contributed by atoms with E-state index in [9.17, 15) is 4.79 Å². The van der Waals surface area contributed by atoms with Crippen LogP contribution >= 0.6 is 0 Å². The van der Waals surface area contributed by atoms with E-state index in [-0.39, 0.29) is 5.91 Å². The van der Waals surface area contributed by atoms with Gasteiger partial charge in [0, 0.05) is 38.1 Å². The van der Waals surface area contributed by atoms with Crippen LogP contribution in [0.2, 0.25) is 0 Å². The van der Waals surface area contributed by atoms with Crippen LogP contribution in [0.5, 0.6) is 5.75 Å². The summed E-state index contributed by atoms with van der Waals surface area (Å²) in [5, 5.41) is 6.24. The van der Waals surface area contributed by atoms with E-state index in [0.29, 0.717) is 23.6 Å². The standard InChI is InChI=1S/C30H38N6O3/c1-23(33-25-10-12-26(38-2)13-11-25)36(16-6-5-15-35-17-19-39-20-18-35)22-24-9-14-29(32-21-24)30(37)34-28-8-4-3-7-27(28)31/h3-4,7-14,21,33H,1,5-6,15-20,22,31H2,2H3,(H,34,37). The highest BCUT2D eigenvalue weighted by Gasteiger charge is 2.14. The summed E-state index contributed by atoms with van der Waals surface area (Å²) in [7, 11) is 1.65. The van der Waals surface area contributed by atoms with Gasteiger partial charge in [-0.15, -0.1) is 0 Å². The first-order valence-electron chi connectivity index (χ1n) is 13.3. The second-order valence-corrected chi connectivity index (χ2v) is 9.48. The summed E-state index contributed by atoms with van der Waals surface area (Å²) in [5.74, 6) is 1.30. The Labute approximate surface area is 230 Å². The van der Waals surface area contributed by atoms with Crippen molar-refractivity contribution in [1.82, 2.24) is 14.8 Å². The van der Waals surface area contributed by atoms with E-state index in [1.165, 1.54) is 0 Å². The molecule has 0 saturated carbocycles. The number of para-hydroxylation sites is 2. The zero-order valence-corrected chi connectivity index (χ0v) is 22.6. The van der Waals surface area contributed by atoms with Gasteiger partial charge in [0.2, 0.25) is 0 Å². The summed E-state index contributed by atoms with van der Waals surface area (Å²) in [5.41, 5.74) is 9.27. The van der Waals surface area contributed by atoms with E-state index < -0.39 is 0 Å². The summed E-state index contributed by atoms with van der Waals surface area (Å²) in [4.78, 5) is 21.8.